The molecule has 2 unspecified atom stereocenters. The molecule has 2 aromatic carbocycles. The molecule has 0 aliphatic carbocycles. The van der Waals surface area contributed by atoms with Crippen molar-refractivity contribution in [3.63, 3.8) is 0 Å². The molecule has 2 rings (SSSR count). The smallest absolute Gasteiger partial charge is 0.128 e. The largest absolute Gasteiger partial charge is 0.304 e. The molecule has 3 heteroatoms. The molecule has 0 heterocycles. The highest BCUT2D eigenvalue weighted by atomic mass is 19.1. The second-order valence-corrected chi connectivity index (χ2v) is 4.69. The van der Waals surface area contributed by atoms with E-state index in [4.69, 9.17) is 0 Å². The molecule has 2 atom stereocenters. The highest BCUT2D eigenvalue weighted by molar-refractivity contribution is 5.23. The number of benzene rings is 2. The van der Waals surface area contributed by atoms with Crippen LogP contribution in [-0.2, 0) is 0 Å². The van der Waals surface area contributed by atoms with Gasteiger partial charge in [0.25, 0.3) is 0 Å². The summed E-state index contributed by atoms with van der Waals surface area (Å²) in [5.41, 5.74) is 1.47. The molecule has 0 amide bonds. The number of nitrogens with one attached hydrogen (secondary N) is 1. The van der Waals surface area contributed by atoms with Gasteiger partial charge in [0.2, 0.25) is 0 Å². The lowest BCUT2D eigenvalue weighted by Gasteiger charge is -2.21. The van der Waals surface area contributed by atoms with Gasteiger partial charge in [-0.25, -0.2) is 8.78 Å². The number of hydrogen-bond acceptors (Lipinski definition) is 1. The molecule has 0 aliphatic heterocycles. The Morgan fingerprint density at radius 2 is 1.58 bits per heavy atom. The second kappa shape index (κ2) is 5.93. The lowest BCUT2D eigenvalue weighted by atomic mass is 10.0. The fraction of sp³-hybridized carbons (Fsp3) is 0.250. The average Bonchev–Trinajstić information content (AvgIpc) is 2.42. The molecule has 0 spiro atoms. The first kappa shape index (κ1) is 13.7. The molecule has 0 fully saturated rings. The number of halogens is 2. The molecular weight excluding hydrogens is 244 g/mol. The molecule has 0 aliphatic rings. The first-order chi connectivity index (χ1) is 9.08. The zero-order valence-corrected chi connectivity index (χ0v) is 11.0. The Labute approximate surface area is 112 Å². The molecule has 0 radical (unpaired) electrons. The van der Waals surface area contributed by atoms with E-state index in [1.165, 1.54) is 6.07 Å². The normalized spacial score (nSPS) is 14.1. The Bertz CT molecular complexity index is 540. The van der Waals surface area contributed by atoms with Crippen molar-refractivity contribution in [3.05, 3.63) is 71.3 Å². The van der Waals surface area contributed by atoms with Crippen LogP contribution in [0.3, 0.4) is 0 Å². The SMILES string of the molecule is CC(NC(C)c1cc(F)ccc1F)c1ccccc1. The molecule has 0 saturated carbocycles. The minimum Gasteiger partial charge on any atom is -0.304 e. The lowest BCUT2D eigenvalue weighted by Crippen LogP contribution is -2.23. The summed E-state index contributed by atoms with van der Waals surface area (Å²) in [6, 6.07) is 13.2. The van der Waals surface area contributed by atoms with Crippen molar-refractivity contribution >= 4 is 0 Å². The summed E-state index contributed by atoms with van der Waals surface area (Å²) in [5.74, 6) is -0.806. The van der Waals surface area contributed by atoms with Gasteiger partial charge in [0.1, 0.15) is 11.6 Å². The summed E-state index contributed by atoms with van der Waals surface area (Å²) >= 11 is 0. The molecule has 0 aromatic heterocycles. The predicted molar refractivity (Wildman–Crippen MR) is 72.8 cm³/mol. The maximum atomic E-state index is 13.7. The van der Waals surface area contributed by atoms with Crippen molar-refractivity contribution in [3.8, 4) is 0 Å². The Morgan fingerprint density at radius 1 is 0.895 bits per heavy atom. The zero-order valence-electron chi connectivity index (χ0n) is 11.0. The van der Waals surface area contributed by atoms with E-state index in [2.05, 4.69) is 5.32 Å². The van der Waals surface area contributed by atoms with Gasteiger partial charge in [0, 0.05) is 17.6 Å². The van der Waals surface area contributed by atoms with E-state index in [0.29, 0.717) is 5.56 Å². The minimum absolute atomic E-state index is 0.0684. The summed E-state index contributed by atoms with van der Waals surface area (Å²) in [7, 11) is 0. The Morgan fingerprint density at radius 3 is 2.26 bits per heavy atom. The van der Waals surface area contributed by atoms with Crippen molar-refractivity contribution < 1.29 is 8.78 Å². The Balaban J connectivity index is 2.13. The quantitative estimate of drug-likeness (QED) is 0.861. The van der Waals surface area contributed by atoms with Crippen molar-refractivity contribution in [1.29, 1.82) is 0 Å². The molecule has 0 bridgehead atoms. The number of hydrogen-bond donors (Lipinski definition) is 1. The van der Waals surface area contributed by atoms with Crippen molar-refractivity contribution in [2.75, 3.05) is 0 Å². The van der Waals surface area contributed by atoms with Gasteiger partial charge >= 0.3 is 0 Å². The maximum Gasteiger partial charge on any atom is 0.128 e. The monoisotopic (exact) mass is 261 g/mol. The van der Waals surface area contributed by atoms with Gasteiger partial charge in [0.05, 0.1) is 0 Å². The third-order valence-corrected chi connectivity index (χ3v) is 3.22. The van der Waals surface area contributed by atoms with Gasteiger partial charge < -0.3 is 5.32 Å². The summed E-state index contributed by atoms with van der Waals surface area (Å²) in [4.78, 5) is 0. The van der Waals surface area contributed by atoms with E-state index in [1.54, 1.807) is 0 Å². The van der Waals surface area contributed by atoms with E-state index >= 15 is 0 Å². The van der Waals surface area contributed by atoms with Crippen LogP contribution in [0.4, 0.5) is 8.78 Å². The summed E-state index contributed by atoms with van der Waals surface area (Å²) in [6.07, 6.45) is 0. The highest BCUT2D eigenvalue weighted by Crippen LogP contribution is 2.22. The van der Waals surface area contributed by atoms with Crippen molar-refractivity contribution in [2.24, 2.45) is 0 Å². The first-order valence-electron chi connectivity index (χ1n) is 6.34. The van der Waals surface area contributed by atoms with Crippen LogP contribution in [0.1, 0.15) is 37.1 Å². The van der Waals surface area contributed by atoms with E-state index in [9.17, 15) is 8.78 Å². The van der Waals surface area contributed by atoms with Crippen LogP contribution >= 0.6 is 0 Å². The van der Waals surface area contributed by atoms with Crippen LogP contribution in [0.25, 0.3) is 0 Å². The van der Waals surface area contributed by atoms with Crippen LogP contribution in [0.5, 0.6) is 0 Å². The van der Waals surface area contributed by atoms with Crippen LogP contribution < -0.4 is 5.32 Å². The maximum absolute atomic E-state index is 13.7. The van der Waals surface area contributed by atoms with E-state index in [1.807, 2.05) is 44.2 Å². The zero-order chi connectivity index (χ0) is 13.8. The highest BCUT2D eigenvalue weighted by Gasteiger charge is 2.15. The van der Waals surface area contributed by atoms with Gasteiger partial charge in [-0.3, -0.25) is 0 Å². The molecular formula is C16H17F2N. The molecule has 0 saturated heterocycles. The van der Waals surface area contributed by atoms with Crippen molar-refractivity contribution in [1.82, 2.24) is 5.32 Å². The third kappa shape index (κ3) is 3.38. The fourth-order valence-corrected chi connectivity index (χ4v) is 2.15. The topological polar surface area (TPSA) is 12.0 Å². The van der Waals surface area contributed by atoms with Crippen LogP contribution in [0.2, 0.25) is 0 Å². The Kier molecular flexibility index (Phi) is 4.27. The molecule has 2 aromatic rings. The third-order valence-electron chi connectivity index (χ3n) is 3.22. The van der Waals surface area contributed by atoms with Gasteiger partial charge in [-0.2, -0.15) is 0 Å². The predicted octanol–water partition coefficient (Wildman–Crippen LogP) is 4.38. The summed E-state index contributed by atoms with van der Waals surface area (Å²) in [5, 5.41) is 3.27. The molecule has 1 nitrogen and oxygen atoms in total. The fourth-order valence-electron chi connectivity index (χ4n) is 2.15. The summed E-state index contributed by atoms with van der Waals surface area (Å²) < 4.78 is 26.8. The minimum atomic E-state index is -0.419. The lowest BCUT2D eigenvalue weighted by molar-refractivity contribution is 0.470. The molecule has 100 valence electrons. The van der Waals surface area contributed by atoms with Gasteiger partial charge in [0.15, 0.2) is 0 Å². The van der Waals surface area contributed by atoms with Crippen LogP contribution in [0.15, 0.2) is 48.5 Å². The van der Waals surface area contributed by atoms with Crippen LogP contribution in [-0.4, -0.2) is 0 Å². The van der Waals surface area contributed by atoms with Crippen LogP contribution in [0, 0.1) is 11.6 Å². The van der Waals surface area contributed by atoms with E-state index < -0.39 is 5.82 Å². The second-order valence-electron chi connectivity index (χ2n) is 4.69. The van der Waals surface area contributed by atoms with Gasteiger partial charge in [-0.05, 0) is 37.6 Å². The number of rotatable bonds is 4. The Hall–Kier alpha value is -1.74. The standard InChI is InChI=1S/C16H17F2N/c1-11(13-6-4-3-5-7-13)19-12(2)15-10-14(17)8-9-16(15)18/h3-12,19H,1-2H3. The van der Waals surface area contributed by atoms with Gasteiger partial charge in [-0.1, -0.05) is 30.3 Å². The average molecular weight is 261 g/mol. The van der Waals surface area contributed by atoms with Crippen molar-refractivity contribution in [2.45, 2.75) is 25.9 Å². The molecule has 1 N–H and O–H groups in total. The van der Waals surface area contributed by atoms with Gasteiger partial charge in [-0.15, -0.1) is 0 Å². The summed E-state index contributed by atoms with van der Waals surface area (Å²) in [6.45, 7) is 3.83. The van der Waals surface area contributed by atoms with E-state index in [0.717, 1.165) is 17.7 Å². The molecule has 19 heavy (non-hydrogen) atoms. The van der Waals surface area contributed by atoms with E-state index in [-0.39, 0.29) is 17.9 Å². The first-order valence-corrected chi connectivity index (χ1v) is 6.34.